The minimum atomic E-state index is -2.41. The van der Waals surface area contributed by atoms with E-state index in [2.05, 4.69) is 17.1 Å². The molecule has 104 valence electrons. The summed E-state index contributed by atoms with van der Waals surface area (Å²) < 4.78 is 12.0. The van der Waals surface area contributed by atoms with Crippen LogP contribution in [-0.4, -0.2) is 34.4 Å². The highest BCUT2D eigenvalue weighted by atomic mass is 28.4. The number of nitrogens with zero attached hydrogens (tertiary/aromatic N) is 1. The van der Waals surface area contributed by atoms with Gasteiger partial charge in [0.1, 0.15) is 0 Å². The molecule has 0 amide bonds. The van der Waals surface area contributed by atoms with Crippen LogP contribution in [0.15, 0.2) is 35.3 Å². The third-order valence-electron chi connectivity index (χ3n) is 2.81. The van der Waals surface area contributed by atoms with E-state index in [1.807, 2.05) is 32.0 Å². The van der Waals surface area contributed by atoms with Gasteiger partial charge in [-0.3, -0.25) is 0 Å². The maximum atomic E-state index is 10.1. The van der Waals surface area contributed by atoms with Gasteiger partial charge in [-0.25, -0.2) is 9.79 Å². The molecule has 0 radical (unpaired) electrons. The molecule has 0 fully saturated rings. The van der Waals surface area contributed by atoms with Crippen LogP contribution >= 0.6 is 0 Å². The Bertz CT molecular complexity index is 398. The van der Waals surface area contributed by atoms with Crippen molar-refractivity contribution in [3.05, 3.63) is 30.3 Å². The molecule has 0 heterocycles. The zero-order valence-corrected chi connectivity index (χ0v) is 12.6. The lowest BCUT2D eigenvalue weighted by Gasteiger charge is -2.30. The van der Waals surface area contributed by atoms with Gasteiger partial charge < -0.3 is 8.85 Å². The quantitative estimate of drug-likeness (QED) is 0.301. The maximum absolute atomic E-state index is 10.1. The van der Waals surface area contributed by atoms with Crippen LogP contribution < -0.4 is 5.19 Å². The molecular formula is C14H21NO3Si. The molecule has 0 aliphatic rings. The van der Waals surface area contributed by atoms with Crippen LogP contribution in [0.4, 0.5) is 0 Å². The molecule has 1 aromatic carbocycles. The summed E-state index contributed by atoms with van der Waals surface area (Å²) in [6.07, 6.45) is 2.34. The van der Waals surface area contributed by atoms with Crippen molar-refractivity contribution >= 4 is 19.8 Å². The summed E-state index contributed by atoms with van der Waals surface area (Å²) in [6, 6.07) is 10.9. The summed E-state index contributed by atoms with van der Waals surface area (Å²) in [5, 5.41) is 1.13. The van der Waals surface area contributed by atoms with Crippen LogP contribution in [0.2, 0.25) is 6.04 Å². The van der Waals surface area contributed by atoms with Gasteiger partial charge in [-0.05, 0) is 31.5 Å². The summed E-state index contributed by atoms with van der Waals surface area (Å²) in [7, 11) is -2.41. The number of hydrogen-bond donors (Lipinski definition) is 0. The Balaban J connectivity index is 2.89. The van der Waals surface area contributed by atoms with E-state index in [-0.39, 0.29) is 0 Å². The Hall–Kier alpha value is -1.26. The molecule has 0 saturated heterocycles. The molecule has 0 N–H and O–H groups in total. The molecule has 0 atom stereocenters. The van der Waals surface area contributed by atoms with Gasteiger partial charge in [0.2, 0.25) is 6.08 Å². The Labute approximate surface area is 115 Å². The van der Waals surface area contributed by atoms with Gasteiger partial charge in [0.15, 0.2) is 0 Å². The lowest BCUT2D eigenvalue weighted by molar-refractivity contribution is 0.195. The van der Waals surface area contributed by atoms with Gasteiger partial charge in [0, 0.05) is 13.2 Å². The Morgan fingerprint density at radius 2 is 1.79 bits per heavy atom. The van der Waals surface area contributed by atoms with Gasteiger partial charge in [-0.15, -0.1) is 0 Å². The minimum absolute atomic E-state index is 0.477. The number of carbonyl (C=O) groups excluding carboxylic acids is 1. The van der Waals surface area contributed by atoms with E-state index < -0.39 is 8.56 Å². The van der Waals surface area contributed by atoms with E-state index in [1.54, 1.807) is 6.08 Å². The van der Waals surface area contributed by atoms with Crippen molar-refractivity contribution in [3.8, 4) is 0 Å². The van der Waals surface area contributed by atoms with Crippen LogP contribution in [0.5, 0.6) is 0 Å². The van der Waals surface area contributed by atoms with Crippen molar-refractivity contribution < 1.29 is 13.6 Å². The molecule has 0 aromatic heterocycles. The maximum Gasteiger partial charge on any atom is 0.372 e. The second-order valence-electron chi connectivity index (χ2n) is 4.06. The van der Waals surface area contributed by atoms with Gasteiger partial charge in [0.25, 0.3) is 0 Å². The van der Waals surface area contributed by atoms with E-state index >= 15 is 0 Å². The molecule has 0 bridgehead atoms. The van der Waals surface area contributed by atoms with Crippen molar-refractivity contribution in [2.45, 2.75) is 26.3 Å². The normalized spacial score (nSPS) is 11.1. The molecule has 0 unspecified atom stereocenters. The Kier molecular flexibility index (Phi) is 7.29. The van der Waals surface area contributed by atoms with E-state index in [0.29, 0.717) is 19.8 Å². The third kappa shape index (κ3) is 4.72. The fourth-order valence-corrected chi connectivity index (χ4v) is 5.34. The first kappa shape index (κ1) is 15.8. The largest absolute Gasteiger partial charge is 0.391 e. The standard InChI is InChI=1S/C14H21NO3Si/c1-3-17-19(18-4-2,12-8-11-15-13-16)14-9-6-5-7-10-14/h5-7,9-10H,3-4,8,11-12H2,1-2H3. The molecule has 4 nitrogen and oxygen atoms in total. The molecule has 0 spiro atoms. The fraction of sp³-hybridized carbons (Fsp3) is 0.500. The molecule has 0 aliphatic heterocycles. The number of rotatable bonds is 9. The predicted molar refractivity (Wildman–Crippen MR) is 77.5 cm³/mol. The smallest absolute Gasteiger partial charge is 0.372 e. The molecule has 5 heteroatoms. The highest BCUT2D eigenvalue weighted by Gasteiger charge is 2.38. The summed E-state index contributed by atoms with van der Waals surface area (Å²) in [5.41, 5.74) is 0. The minimum Gasteiger partial charge on any atom is -0.391 e. The summed E-state index contributed by atoms with van der Waals surface area (Å²) in [6.45, 7) is 5.68. The Morgan fingerprint density at radius 3 is 2.32 bits per heavy atom. The first-order valence-electron chi connectivity index (χ1n) is 6.66. The van der Waals surface area contributed by atoms with Gasteiger partial charge in [-0.1, -0.05) is 30.3 Å². The zero-order valence-electron chi connectivity index (χ0n) is 11.6. The average molecular weight is 279 g/mol. The third-order valence-corrected chi connectivity index (χ3v) is 6.54. The highest BCUT2D eigenvalue weighted by Crippen LogP contribution is 2.17. The monoisotopic (exact) mass is 279 g/mol. The van der Waals surface area contributed by atoms with Crippen molar-refractivity contribution in [1.29, 1.82) is 0 Å². The Morgan fingerprint density at radius 1 is 1.16 bits per heavy atom. The first-order valence-corrected chi connectivity index (χ1v) is 8.68. The highest BCUT2D eigenvalue weighted by molar-refractivity contribution is 6.81. The first-order chi connectivity index (χ1) is 9.29. The number of isocyanates is 1. The molecule has 1 aromatic rings. The van der Waals surface area contributed by atoms with Crippen molar-refractivity contribution in [3.63, 3.8) is 0 Å². The summed E-state index contributed by atoms with van der Waals surface area (Å²) in [5.74, 6) is 0. The predicted octanol–water partition coefficient (Wildman–Crippen LogP) is 2.13. The number of hydrogen-bond acceptors (Lipinski definition) is 4. The van der Waals surface area contributed by atoms with E-state index in [4.69, 9.17) is 8.85 Å². The van der Waals surface area contributed by atoms with Crippen molar-refractivity contribution in [2.75, 3.05) is 19.8 Å². The van der Waals surface area contributed by atoms with Gasteiger partial charge >= 0.3 is 8.56 Å². The SMILES string of the molecule is CCO[Si](CCCN=C=O)(OCC)c1ccccc1. The van der Waals surface area contributed by atoms with E-state index in [9.17, 15) is 4.79 Å². The topological polar surface area (TPSA) is 47.9 Å². The van der Waals surface area contributed by atoms with Crippen LogP contribution in [0, 0.1) is 0 Å². The van der Waals surface area contributed by atoms with E-state index in [0.717, 1.165) is 17.7 Å². The van der Waals surface area contributed by atoms with Crippen molar-refractivity contribution in [2.24, 2.45) is 4.99 Å². The van der Waals surface area contributed by atoms with Gasteiger partial charge in [-0.2, -0.15) is 0 Å². The van der Waals surface area contributed by atoms with Crippen LogP contribution in [0.1, 0.15) is 20.3 Å². The van der Waals surface area contributed by atoms with Crippen LogP contribution in [0.25, 0.3) is 0 Å². The summed E-state index contributed by atoms with van der Waals surface area (Å²) >= 11 is 0. The fourth-order valence-electron chi connectivity index (χ4n) is 2.09. The van der Waals surface area contributed by atoms with E-state index in [1.165, 1.54) is 0 Å². The zero-order chi connectivity index (χ0) is 14.0. The lowest BCUT2D eigenvalue weighted by atomic mass is 10.4. The average Bonchev–Trinajstić information content (AvgIpc) is 2.45. The lowest BCUT2D eigenvalue weighted by Crippen LogP contribution is -2.54. The number of aliphatic imine (C=N–C) groups is 1. The summed E-state index contributed by atoms with van der Waals surface area (Å²) in [4.78, 5) is 13.7. The van der Waals surface area contributed by atoms with Crippen LogP contribution in [0.3, 0.4) is 0 Å². The molecule has 0 aliphatic carbocycles. The second-order valence-corrected chi connectivity index (χ2v) is 7.22. The molecule has 0 saturated carbocycles. The second kappa shape index (κ2) is 8.77. The number of benzene rings is 1. The van der Waals surface area contributed by atoms with Gasteiger partial charge in [0.05, 0.1) is 6.54 Å². The molecular weight excluding hydrogens is 258 g/mol. The van der Waals surface area contributed by atoms with Crippen LogP contribution in [-0.2, 0) is 13.6 Å². The van der Waals surface area contributed by atoms with Crippen molar-refractivity contribution in [1.82, 2.24) is 0 Å². The molecule has 1 rings (SSSR count). The molecule has 19 heavy (non-hydrogen) atoms.